The van der Waals surface area contributed by atoms with Crippen molar-refractivity contribution in [3.63, 3.8) is 0 Å². The van der Waals surface area contributed by atoms with Crippen molar-refractivity contribution in [2.75, 3.05) is 0 Å². The van der Waals surface area contributed by atoms with E-state index in [1.165, 1.54) is 6.07 Å². The van der Waals surface area contributed by atoms with Gasteiger partial charge in [0.15, 0.2) is 0 Å². The smallest absolute Gasteiger partial charge is 0.126 e. The molecule has 0 aliphatic heterocycles. The molecule has 0 spiro atoms. The molecule has 3 aromatic rings. The number of hydrogen-bond acceptors (Lipinski definition) is 2. The summed E-state index contributed by atoms with van der Waals surface area (Å²) in [5.41, 5.74) is 3.09. The molecule has 2 nitrogen and oxygen atoms in total. The molecule has 21 heavy (non-hydrogen) atoms. The summed E-state index contributed by atoms with van der Waals surface area (Å²) in [6.07, 6.45) is 1.44. The van der Waals surface area contributed by atoms with Crippen LogP contribution >= 0.6 is 0 Å². The van der Waals surface area contributed by atoms with Crippen LogP contribution in [0.25, 0.3) is 10.9 Å². The molecule has 0 amide bonds. The summed E-state index contributed by atoms with van der Waals surface area (Å²) in [5.74, 6) is -0.286. The zero-order valence-electron chi connectivity index (χ0n) is 11.8. The molecule has 0 saturated carbocycles. The van der Waals surface area contributed by atoms with Gasteiger partial charge in [0, 0.05) is 18.0 Å². The van der Waals surface area contributed by atoms with Crippen molar-refractivity contribution in [2.45, 2.75) is 19.4 Å². The molecule has 0 saturated heterocycles. The van der Waals surface area contributed by atoms with Gasteiger partial charge in [0.2, 0.25) is 0 Å². The molecule has 2 aromatic carbocycles. The minimum absolute atomic E-state index is 0.286. The number of rotatable bonds is 3. The summed E-state index contributed by atoms with van der Waals surface area (Å²) in [6, 6.07) is 14.6. The monoisotopic (exact) mass is 281 g/mol. The molecule has 0 bridgehead atoms. The van der Waals surface area contributed by atoms with Crippen LogP contribution in [0.2, 0.25) is 0 Å². The number of aromatic nitrogens is 1. The number of aliphatic hydroxyl groups excluding tert-OH is 1. The third-order valence-corrected chi connectivity index (χ3v) is 3.73. The second-order valence-electron chi connectivity index (χ2n) is 5.22. The first-order chi connectivity index (χ1) is 10.1. The van der Waals surface area contributed by atoms with E-state index in [1.54, 1.807) is 25.3 Å². The Morgan fingerprint density at radius 3 is 2.76 bits per heavy atom. The van der Waals surface area contributed by atoms with Gasteiger partial charge in [-0.3, -0.25) is 4.98 Å². The number of fused-ring (bicyclic) bond motifs is 1. The third kappa shape index (κ3) is 2.78. The van der Waals surface area contributed by atoms with E-state index < -0.39 is 6.10 Å². The first-order valence-electron chi connectivity index (χ1n) is 6.92. The second kappa shape index (κ2) is 5.62. The SMILES string of the molecule is Cc1ccc(C(O)Cc2ccnc3ccccc23)cc1F. The second-order valence-corrected chi connectivity index (χ2v) is 5.22. The van der Waals surface area contributed by atoms with Crippen LogP contribution < -0.4 is 0 Å². The number of hydrogen-bond donors (Lipinski definition) is 1. The average Bonchev–Trinajstić information content (AvgIpc) is 2.50. The molecular formula is C18H16FNO. The number of pyridine rings is 1. The fourth-order valence-electron chi connectivity index (χ4n) is 2.48. The van der Waals surface area contributed by atoms with E-state index in [2.05, 4.69) is 4.98 Å². The lowest BCUT2D eigenvalue weighted by Gasteiger charge is -2.13. The summed E-state index contributed by atoms with van der Waals surface area (Å²) in [7, 11) is 0. The quantitative estimate of drug-likeness (QED) is 0.788. The fourth-order valence-corrected chi connectivity index (χ4v) is 2.48. The molecule has 106 valence electrons. The maximum Gasteiger partial charge on any atom is 0.126 e. The van der Waals surface area contributed by atoms with Crippen LogP contribution in [0.5, 0.6) is 0 Å². The number of aryl methyl sites for hydroxylation is 1. The van der Waals surface area contributed by atoms with Gasteiger partial charge < -0.3 is 5.11 Å². The molecule has 1 unspecified atom stereocenters. The van der Waals surface area contributed by atoms with E-state index in [0.717, 1.165) is 16.5 Å². The molecule has 0 aliphatic rings. The molecule has 1 aromatic heterocycles. The van der Waals surface area contributed by atoms with Crippen molar-refractivity contribution in [3.05, 3.63) is 77.2 Å². The van der Waals surface area contributed by atoms with E-state index in [0.29, 0.717) is 17.5 Å². The normalized spacial score (nSPS) is 12.5. The number of aliphatic hydroxyl groups is 1. The molecular weight excluding hydrogens is 265 g/mol. The predicted octanol–water partition coefficient (Wildman–Crippen LogP) is 3.96. The molecule has 3 heteroatoms. The van der Waals surface area contributed by atoms with Crippen molar-refractivity contribution in [2.24, 2.45) is 0 Å². The summed E-state index contributed by atoms with van der Waals surface area (Å²) in [5, 5.41) is 11.4. The van der Waals surface area contributed by atoms with Gasteiger partial charge in [-0.2, -0.15) is 0 Å². The van der Waals surface area contributed by atoms with Crippen molar-refractivity contribution in [1.82, 2.24) is 4.98 Å². The number of halogens is 1. The van der Waals surface area contributed by atoms with E-state index in [9.17, 15) is 9.50 Å². The van der Waals surface area contributed by atoms with E-state index in [4.69, 9.17) is 0 Å². The van der Waals surface area contributed by atoms with Gasteiger partial charge in [0.25, 0.3) is 0 Å². The lowest BCUT2D eigenvalue weighted by atomic mass is 9.98. The van der Waals surface area contributed by atoms with Gasteiger partial charge in [-0.05, 0) is 41.8 Å². The summed E-state index contributed by atoms with van der Waals surface area (Å²) < 4.78 is 13.6. The molecule has 1 N–H and O–H groups in total. The topological polar surface area (TPSA) is 33.1 Å². The van der Waals surface area contributed by atoms with E-state index in [-0.39, 0.29) is 5.82 Å². The maximum absolute atomic E-state index is 13.6. The van der Waals surface area contributed by atoms with Gasteiger partial charge in [0.05, 0.1) is 11.6 Å². The molecule has 1 heterocycles. The summed E-state index contributed by atoms with van der Waals surface area (Å²) in [4.78, 5) is 4.31. The van der Waals surface area contributed by atoms with Crippen LogP contribution in [0.3, 0.4) is 0 Å². The van der Waals surface area contributed by atoms with Crippen LogP contribution in [-0.2, 0) is 6.42 Å². The first-order valence-corrected chi connectivity index (χ1v) is 6.92. The number of para-hydroxylation sites is 1. The molecule has 1 atom stereocenters. The van der Waals surface area contributed by atoms with Crippen LogP contribution in [0, 0.1) is 12.7 Å². The van der Waals surface area contributed by atoms with E-state index >= 15 is 0 Å². The largest absolute Gasteiger partial charge is 0.388 e. The first kappa shape index (κ1) is 13.7. The predicted molar refractivity (Wildman–Crippen MR) is 81.5 cm³/mol. The lowest BCUT2D eigenvalue weighted by Crippen LogP contribution is -2.03. The Morgan fingerprint density at radius 2 is 1.95 bits per heavy atom. The zero-order chi connectivity index (χ0) is 14.8. The highest BCUT2D eigenvalue weighted by Gasteiger charge is 2.12. The Kier molecular flexibility index (Phi) is 3.67. The molecule has 0 radical (unpaired) electrons. The molecule has 3 rings (SSSR count). The van der Waals surface area contributed by atoms with Crippen molar-refractivity contribution in [1.29, 1.82) is 0 Å². The number of benzene rings is 2. The highest BCUT2D eigenvalue weighted by molar-refractivity contribution is 5.81. The highest BCUT2D eigenvalue weighted by atomic mass is 19.1. The highest BCUT2D eigenvalue weighted by Crippen LogP contribution is 2.24. The molecule has 0 fully saturated rings. The van der Waals surface area contributed by atoms with Gasteiger partial charge in [-0.15, -0.1) is 0 Å². The van der Waals surface area contributed by atoms with Crippen LogP contribution in [0.4, 0.5) is 4.39 Å². The minimum Gasteiger partial charge on any atom is -0.388 e. The van der Waals surface area contributed by atoms with Gasteiger partial charge in [-0.25, -0.2) is 4.39 Å². The van der Waals surface area contributed by atoms with Crippen molar-refractivity contribution in [3.8, 4) is 0 Å². The van der Waals surface area contributed by atoms with Crippen molar-refractivity contribution < 1.29 is 9.50 Å². The van der Waals surface area contributed by atoms with Gasteiger partial charge in [-0.1, -0.05) is 30.3 Å². The maximum atomic E-state index is 13.6. The Morgan fingerprint density at radius 1 is 1.14 bits per heavy atom. The van der Waals surface area contributed by atoms with Crippen LogP contribution in [-0.4, -0.2) is 10.1 Å². The Labute approximate surface area is 122 Å². The standard InChI is InChI=1S/C18H16FNO/c1-12-6-7-14(10-16(12)19)18(21)11-13-8-9-20-17-5-3-2-4-15(13)17/h2-10,18,21H,11H2,1H3. The van der Waals surface area contributed by atoms with Gasteiger partial charge >= 0.3 is 0 Å². The Bertz CT molecular complexity index is 780. The minimum atomic E-state index is -0.731. The third-order valence-electron chi connectivity index (χ3n) is 3.73. The molecule has 0 aliphatic carbocycles. The Hall–Kier alpha value is -2.26. The van der Waals surface area contributed by atoms with Crippen LogP contribution in [0.15, 0.2) is 54.7 Å². The Balaban J connectivity index is 1.92. The fraction of sp³-hybridized carbons (Fsp3) is 0.167. The van der Waals surface area contributed by atoms with Crippen LogP contribution in [0.1, 0.15) is 22.8 Å². The number of nitrogens with zero attached hydrogens (tertiary/aromatic N) is 1. The zero-order valence-corrected chi connectivity index (χ0v) is 11.8. The van der Waals surface area contributed by atoms with Gasteiger partial charge in [0.1, 0.15) is 5.82 Å². The van der Waals surface area contributed by atoms with Crippen molar-refractivity contribution >= 4 is 10.9 Å². The van der Waals surface area contributed by atoms with E-state index in [1.807, 2.05) is 30.3 Å². The lowest BCUT2D eigenvalue weighted by molar-refractivity contribution is 0.178. The summed E-state index contributed by atoms with van der Waals surface area (Å²) in [6.45, 7) is 1.71. The average molecular weight is 281 g/mol. The summed E-state index contributed by atoms with van der Waals surface area (Å²) >= 11 is 0.